The second-order valence-electron chi connectivity index (χ2n) is 3.99. The number of benzene rings is 1. The van der Waals surface area contributed by atoms with Crippen LogP contribution in [0.25, 0.3) is 0 Å². The van der Waals surface area contributed by atoms with Crippen molar-refractivity contribution in [2.45, 2.75) is 17.4 Å². The lowest BCUT2D eigenvalue weighted by Gasteiger charge is -2.10. The number of hydrogen-bond donors (Lipinski definition) is 2. The molecule has 0 aliphatic carbocycles. The van der Waals surface area contributed by atoms with Gasteiger partial charge in [-0.3, -0.25) is 4.79 Å². The van der Waals surface area contributed by atoms with E-state index in [1.54, 1.807) is 0 Å². The summed E-state index contributed by atoms with van der Waals surface area (Å²) in [5.74, 6) is 0.347. The predicted octanol–water partition coefficient (Wildman–Crippen LogP) is 2.05. The zero-order chi connectivity index (χ0) is 14.1. The van der Waals surface area contributed by atoms with Crippen molar-refractivity contribution in [3.8, 4) is 0 Å². The van der Waals surface area contributed by atoms with Crippen LogP contribution in [0.3, 0.4) is 0 Å². The summed E-state index contributed by atoms with van der Waals surface area (Å²) in [7, 11) is 1.54. The van der Waals surface area contributed by atoms with Gasteiger partial charge in [-0.15, -0.1) is 11.8 Å². The SMILES string of the molecule is COCC(O)CCNC(=O)CSc1ccc(Br)cc1. The first-order valence-electron chi connectivity index (χ1n) is 5.94. The summed E-state index contributed by atoms with van der Waals surface area (Å²) in [5, 5.41) is 12.2. The molecule has 1 aromatic rings. The van der Waals surface area contributed by atoms with Crippen molar-refractivity contribution in [3.63, 3.8) is 0 Å². The summed E-state index contributed by atoms with van der Waals surface area (Å²) in [6.45, 7) is 0.758. The van der Waals surface area contributed by atoms with Crippen LogP contribution in [0.15, 0.2) is 33.6 Å². The van der Waals surface area contributed by atoms with Crippen molar-refractivity contribution >= 4 is 33.6 Å². The highest BCUT2D eigenvalue weighted by Gasteiger charge is 2.06. The van der Waals surface area contributed by atoms with E-state index in [2.05, 4.69) is 21.2 Å². The molecule has 0 heterocycles. The first-order chi connectivity index (χ1) is 9.11. The Morgan fingerprint density at radius 1 is 1.47 bits per heavy atom. The lowest BCUT2D eigenvalue weighted by atomic mass is 10.3. The van der Waals surface area contributed by atoms with Gasteiger partial charge in [0.2, 0.25) is 5.91 Å². The maximum Gasteiger partial charge on any atom is 0.230 e. The molecule has 1 atom stereocenters. The second-order valence-corrected chi connectivity index (χ2v) is 5.95. The number of carbonyl (C=O) groups is 1. The maximum atomic E-state index is 11.6. The molecular formula is C13H18BrNO3S. The van der Waals surface area contributed by atoms with Crippen molar-refractivity contribution < 1.29 is 14.6 Å². The highest BCUT2D eigenvalue weighted by atomic mass is 79.9. The van der Waals surface area contributed by atoms with Crippen LogP contribution >= 0.6 is 27.7 Å². The Hall–Kier alpha value is -0.560. The Balaban J connectivity index is 2.16. The van der Waals surface area contributed by atoms with Crippen molar-refractivity contribution in [3.05, 3.63) is 28.7 Å². The fourth-order valence-corrected chi connectivity index (χ4v) is 2.38. The summed E-state index contributed by atoms with van der Waals surface area (Å²) < 4.78 is 5.83. The number of methoxy groups -OCH3 is 1. The lowest BCUT2D eigenvalue weighted by Crippen LogP contribution is -2.29. The molecule has 0 aliphatic heterocycles. The van der Waals surface area contributed by atoms with Gasteiger partial charge in [0.15, 0.2) is 0 Å². The van der Waals surface area contributed by atoms with Gasteiger partial charge >= 0.3 is 0 Å². The Kier molecular flexibility index (Phi) is 8.13. The quantitative estimate of drug-likeness (QED) is 0.706. The number of halogens is 1. The van der Waals surface area contributed by atoms with Gasteiger partial charge in [0, 0.05) is 23.0 Å². The molecule has 0 saturated heterocycles. The summed E-state index contributed by atoms with van der Waals surface area (Å²) in [5.41, 5.74) is 0. The third-order valence-electron chi connectivity index (χ3n) is 2.34. The van der Waals surface area contributed by atoms with Gasteiger partial charge in [0.05, 0.1) is 18.5 Å². The normalized spacial score (nSPS) is 12.2. The maximum absolute atomic E-state index is 11.6. The summed E-state index contributed by atoms with van der Waals surface area (Å²) in [4.78, 5) is 12.6. The first kappa shape index (κ1) is 16.5. The van der Waals surface area contributed by atoms with Gasteiger partial charge in [0.1, 0.15) is 0 Å². The molecule has 0 spiro atoms. The molecular weight excluding hydrogens is 330 g/mol. The zero-order valence-electron chi connectivity index (χ0n) is 10.8. The minimum Gasteiger partial charge on any atom is -0.391 e. The van der Waals surface area contributed by atoms with E-state index in [1.165, 1.54) is 18.9 Å². The smallest absolute Gasteiger partial charge is 0.230 e. The average Bonchev–Trinajstić information content (AvgIpc) is 2.38. The number of nitrogens with one attached hydrogen (secondary N) is 1. The molecule has 1 unspecified atom stereocenters. The van der Waals surface area contributed by atoms with Gasteiger partial charge in [-0.2, -0.15) is 0 Å². The number of ether oxygens (including phenoxy) is 1. The van der Waals surface area contributed by atoms with E-state index in [4.69, 9.17) is 4.74 Å². The van der Waals surface area contributed by atoms with Crippen LogP contribution in [0.5, 0.6) is 0 Å². The van der Waals surface area contributed by atoms with E-state index in [0.717, 1.165) is 9.37 Å². The van der Waals surface area contributed by atoms with E-state index in [-0.39, 0.29) is 5.91 Å². The van der Waals surface area contributed by atoms with E-state index < -0.39 is 6.10 Å². The highest BCUT2D eigenvalue weighted by Crippen LogP contribution is 2.20. The van der Waals surface area contributed by atoms with Gasteiger partial charge in [-0.25, -0.2) is 0 Å². The minimum absolute atomic E-state index is 0.0301. The van der Waals surface area contributed by atoms with Crippen LogP contribution in [0.2, 0.25) is 0 Å². The Morgan fingerprint density at radius 2 is 2.16 bits per heavy atom. The summed E-state index contributed by atoms with van der Waals surface area (Å²) in [6, 6.07) is 7.82. The molecule has 1 rings (SSSR count). The van der Waals surface area contributed by atoms with Crippen LogP contribution in [0.4, 0.5) is 0 Å². The standard InChI is InChI=1S/C13H18BrNO3S/c1-18-8-11(16)6-7-15-13(17)9-19-12-4-2-10(14)3-5-12/h2-5,11,16H,6-9H2,1H3,(H,15,17). The molecule has 0 aliphatic rings. The van der Waals surface area contributed by atoms with Gasteiger partial charge < -0.3 is 15.2 Å². The molecule has 4 nitrogen and oxygen atoms in total. The predicted molar refractivity (Wildman–Crippen MR) is 80.4 cm³/mol. The highest BCUT2D eigenvalue weighted by molar-refractivity contribution is 9.10. The molecule has 0 fully saturated rings. The van der Waals surface area contributed by atoms with E-state index in [9.17, 15) is 9.90 Å². The van der Waals surface area contributed by atoms with E-state index >= 15 is 0 Å². The molecule has 1 aromatic carbocycles. The largest absolute Gasteiger partial charge is 0.391 e. The van der Waals surface area contributed by atoms with Crippen molar-refractivity contribution in [1.82, 2.24) is 5.32 Å². The number of hydrogen-bond acceptors (Lipinski definition) is 4. The zero-order valence-corrected chi connectivity index (χ0v) is 13.2. The van der Waals surface area contributed by atoms with Crippen molar-refractivity contribution in [2.24, 2.45) is 0 Å². The second kappa shape index (κ2) is 9.36. The third kappa shape index (κ3) is 7.57. The summed E-state index contributed by atoms with van der Waals surface area (Å²) in [6.07, 6.45) is -0.0212. The molecule has 0 bridgehead atoms. The first-order valence-corrected chi connectivity index (χ1v) is 7.71. The fourth-order valence-electron chi connectivity index (χ4n) is 1.38. The van der Waals surface area contributed by atoms with Crippen molar-refractivity contribution in [2.75, 3.05) is 26.0 Å². The molecule has 6 heteroatoms. The van der Waals surface area contributed by atoms with Gasteiger partial charge in [0.25, 0.3) is 0 Å². The van der Waals surface area contributed by atoms with E-state index in [0.29, 0.717) is 25.3 Å². The monoisotopic (exact) mass is 347 g/mol. The van der Waals surface area contributed by atoms with Crippen LogP contribution in [-0.4, -0.2) is 43.1 Å². The summed E-state index contributed by atoms with van der Waals surface area (Å²) >= 11 is 4.85. The molecule has 1 amide bonds. The topological polar surface area (TPSA) is 58.6 Å². The average molecular weight is 348 g/mol. The number of aliphatic hydroxyl groups excluding tert-OH is 1. The molecule has 19 heavy (non-hydrogen) atoms. The van der Waals surface area contributed by atoms with Gasteiger partial charge in [-0.1, -0.05) is 15.9 Å². The molecule has 106 valence electrons. The number of aliphatic hydroxyl groups is 1. The number of rotatable bonds is 8. The molecule has 0 aromatic heterocycles. The van der Waals surface area contributed by atoms with E-state index in [1.807, 2.05) is 24.3 Å². The minimum atomic E-state index is -0.524. The molecule has 2 N–H and O–H groups in total. The van der Waals surface area contributed by atoms with Crippen LogP contribution in [0.1, 0.15) is 6.42 Å². The Labute approximate surface area is 126 Å². The Morgan fingerprint density at radius 3 is 2.79 bits per heavy atom. The molecule has 0 radical (unpaired) electrons. The third-order valence-corrected chi connectivity index (χ3v) is 3.88. The lowest BCUT2D eigenvalue weighted by molar-refractivity contribution is -0.118. The number of carbonyl (C=O) groups excluding carboxylic acids is 1. The molecule has 0 saturated carbocycles. The van der Waals surface area contributed by atoms with Crippen molar-refractivity contribution in [1.29, 1.82) is 0 Å². The fraction of sp³-hybridized carbons (Fsp3) is 0.462. The van der Waals surface area contributed by atoms with Crippen LogP contribution < -0.4 is 5.32 Å². The van der Waals surface area contributed by atoms with Crippen LogP contribution in [0, 0.1) is 0 Å². The van der Waals surface area contributed by atoms with Gasteiger partial charge in [-0.05, 0) is 30.7 Å². The van der Waals surface area contributed by atoms with Crippen LogP contribution in [-0.2, 0) is 9.53 Å². The number of thioether (sulfide) groups is 1. The Bertz CT molecular complexity index is 386. The number of amides is 1.